The van der Waals surface area contributed by atoms with Gasteiger partial charge in [-0.25, -0.2) is 0 Å². The number of carbonyl (C=O) groups excluding carboxylic acids is 1. The van der Waals surface area contributed by atoms with Crippen molar-refractivity contribution in [1.82, 2.24) is 4.90 Å². The molecule has 0 aliphatic carbocycles. The standard InChI is InChI=1S/C16H22Cl2N2O/c1-12-7-8-13(17)16(15(12)18)19-14(21)11-20-9-5-3-2-4-6-10-20/h7-8H,2-6,9-11H2,1H3,(H,19,21). The Labute approximate surface area is 136 Å². The molecule has 1 amide bonds. The molecule has 1 N–H and O–H groups in total. The van der Waals surface area contributed by atoms with Crippen molar-refractivity contribution in [1.29, 1.82) is 0 Å². The molecule has 5 heteroatoms. The zero-order valence-corrected chi connectivity index (χ0v) is 13.9. The molecule has 0 spiro atoms. The second-order valence-corrected chi connectivity index (χ2v) is 6.43. The summed E-state index contributed by atoms with van der Waals surface area (Å²) in [6.45, 7) is 4.28. The van der Waals surface area contributed by atoms with E-state index in [1.165, 1.54) is 32.1 Å². The van der Waals surface area contributed by atoms with Gasteiger partial charge < -0.3 is 5.32 Å². The Morgan fingerprint density at radius 1 is 1.14 bits per heavy atom. The average Bonchev–Trinajstić information content (AvgIpc) is 2.42. The van der Waals surface area contributed by atoms with Crippen molar-refractivity contribution in [3.63, 3.8) is 0 Å². The van der Waals surface area contributed by atoms with Gasteiger partial charge in [-0.15, -0.1) is 0 Å². The van der Waals surface area contributed by atoms with E-state index < -0.39 is 0 Å². The molecule has 1 heterocycles. The molecule has 1 fully saturated rings. The van der Waals surface area contributed by atoms with Gasteiger partial charge in [0.15, 0.2) is 0 Å². The number of nitrogens with one attached hydrogen (secondary N) is 1. The van der Waals surface area contributed by atoms with E-state index in [0.717, 1.165) is 18.7 Å². The van der Waals surface area contributed by atoms with Crippen LogP contribution in [0.15, 0.2) is 12.1 Å². The summed E-state index contributed by atoms with van der Waals surface area (Å²) in [5.74, 6) is -0.0510. The number of rotatable bonds is 3. The van der Waals surface area contributed by atoms with Crippen LogP contribution in [-0.4, -0.2) is 30.4 Å². The Kier molecular flexibility index (Phi) is 6.34. The van der Waals surface area contributed by atoms with Crippen molar-refractivity contribution in [2.75, 3.05) is 25.0 Å². The van der Waals surface area contributed by atoms with Gasteiger partial charge in [0.2, 0.25) is 5.91 Å². The highest BCUT2D eigenvalue weighted by molar-refractivity contribution is 6.40. The number of carbonyl (C=O) groups is 1. The molecule has 116 valence electrons. The van der Waals surface area contributed by atoms with Gasteiger partial charge in [0.25, 0.3) is 0 Å². The Hall–Kier alpha value is -0.770. The number of aryl methyl sites for hydroxylation is 1. The molecule has 1 aliphatic heterocycles. The molecule has 1 saturated heterocycles. The average molecular weight is 329 g/mol. The highest BCUT2D eigenvalue weighted by atomic mass is 35.5. The Morgan fingerprint density at radius 3 is 2.43 bits per heavy atom. The van der Waals surface area contributed by atoms with E-state index in [1.54, 1.807) is 6.07 Å². The van der Waals surface area contributed by atoms with Crippen molar-refractivity contribution in [2.24, 2.45) is 0 Å². The summed E-state index contributed by atoms with van der Waals surface area (Å²) in [5.41, 5.74) is 1.43. The number of halogens is 2. The molecule has 21 heavy (non-hydrogen) atoms. The van der Waals surface area contributed by atoms with Crippen LogP contribution in [-0.2, 0) is 4.79 Å². The molecule has 2 rings (SSSR count). The van der Waals surface area contributed by atoms with Crippen LogP contribution in [0.2, 0.25) is 10.0 Å². The maximum absolute atomic E-state index is 12.2. The molecule has 1 aliphatic rings. The summed E-state index contributed by atoms with van der Waals surface area (Å²) in [6.07, 6.45) is 6.16. The lowest BCUT2D eigenvalue weighted by molar-refractivity contribution is -0.117. The highest BCUT2D eigenvalue weighted by Gasteiger charge is 2.15. The van der Waals surface area contributed by atoms with Gasteiger partial charge >= 0.3 is 0 Å². The fraction of sp³-hybridized carbons (Fsp3) is 0.562. The normalized spacial score (nSPS) is 17.1. The minimum atomic E-state index is -0.0510. The second-order valence-electron chi connectivity index (χ2n) is 5.65. The molecule has 1 aromatic carbocycles. The minimum Gasteiger partial charge on any atom is -0.322 e. The molecule has 0 saturated carbocycles. The zero-order chi connectivity index (χ0) is 15.2. The molecule has 0 radical (unpaired) electrons. The summed E-state index contributed by atoms with van der Waals surface area (Å²) >= 11 is 12.3. The first-order valence-corrected chi connectivity index (χ1v) is 8.30. The van der Waals surface area contributed by atoms with Gasteiger partial charge in [0, 0.05) is 0 Å². The lowest BCUT2D eigenvalue weighted by atomic mass is 10.1. The van der Waals surface area contributed by atoms with Crippen molar-refractivity contribution in [3.8, 4) is 0 Å². The third-order valence-corrected chi connectivity index (χ3v) is 4.67. The van der Waals surface area contributed by atoms with Crippen LogP contribution in [0.3, 0.4) is 0 Å². The maximum atomic E-state index is 12.2. The predicted octanol–water partition coefficient (Wildman–Crippen LogP) is 4.51. The Bertz CT molecular complexity index is 497. The van der Waals surface area contributed by atoms with Crippen LogP contribution in [0.5, 0.6) is 0 Å². The summed E-state index contributed by atoms with van der Waals surface area (Å²) in [7, 11) is 0. The monoisotopic (exact) mass is 328 g/mol. The molecule has 0 aromatic heterocycles. The van der Waals surface area contributed by atoms with E-state index >= 15 is 0 Å². The number of benzene rings is 1. The third-order valence-electron chi connectivity index (χ3n) is 3.86. The lowest BCUT2D eigenvalue weighted by Gasteiger charge is -2.24. The van der Waals surface area contributed by atoms with Gasteiger partial charge in [0.05, 0.1) is 22.3 Å². The first-order chi connectivity index (χ1) is 10.1. The molecule has 0 atom stereocenters. The smallest absolute Gasteiger partial charge is 0.238 e. The number of likely N-dealkylation sites (tertiary alicyclic amines) is 1. The SMILES string of the molecule is Cc1ccc(Cl)c(NC(=O)CN2CCCCCCC2)c1Cl. The summed E-state index contributed by atoms with van der Waals surface area (Å²) < 4.78 is 0. The van der Waals surface area contributed by atoms with E-state index in [2.05, 4.69) is 10.2 Å². The van der Waals surface area contributed by atoms with E-state index in [0.29, 0.717) is 22.3 Å². The second kappa shape index (κ2) is 8.02. The zero-order valence-electron chi connectivity index (χ0n) is 12.4. The van der Waals surface area contributed by atoms with E-state index in [9.17, 15) is 4.79 Å². The van der Waals surface area contributed by atoms with Crippen LogP contribution < -0.4 is 5.32 Å². The Balaban J connectivity index is 1.96. The highest BCUT2D eigenvalue weighted by Crippen LogP contribution is 2.32. The maximum Gasteiger partial charge on any atom is 0.238 e. The van der Waals surface area contributed by atoms with Gasteiger partial charge in [-0.3, -0.25) is 9.69 Å². The van der Waals surface area contributed by atoms with Crippen molar-refractivity contribution in [3.05, 3.63) is 27.7 Å². The number of anilines is 1. The van der Waals surface area contributed by atoms with E-state index in [4.69, 9.17) is 23.2 Å². The van der Waals surface area contributed by atoms with Gasteiger partial charge in [-0.1, -0.05) is 48.5 Å². The van der Waals surface area contributed by atoms with E-state index in [-0.39, 0.29) is 5.91 Å². The summed E-state index contributed by atoms with van der Waals surface area (Å²) in [6, 6.07) is 3.60. The van der Waals surface area contributed by atoms with Crippen molar-refractivity contribution in [2.45, 2.75) is 39.0 Å². The van der Waals surface area contributed by atoms with Crippen molar-refractivity contribution < 1.29 is 4.79 Å². The topological polar surface area (TPSA) is 32.3 Å². The summed E-state index contributed by atoms with van der Waals surface area (Å²) in [4.78, 5) is 14.4. The molecular formula is C16H22Cl2N2O. The minimum absolute atomic E-state index is 0.0510. The third kappa shape index (κ3) is 4.87. The fourth-order valence-corrected chi connectivity index (χ4v) is 3.09. The number of hydrogen-bond acceptors (Lipinski definition) is 2. The van der Waals surface area contributed by atoms with Crippen LogP contribution >= 0.6 is 23.2 Å². The quantitative estimate of drug-likeness (QED) is 0.885. The first kappa shape index (κ1) is 16.6. The predicted molar refractivity (Wildman–Crippen MR) is 89.4 cm³/mol. The van der Waals surface area contributed by atoms with Crippen LogP contribution in [0.4, 0.5) is 5.69 Å². The number of amides is 1. The first-order valence-electron chi connectivity index (χ1n) is 7.55. The molecular weight excluding hydrogens is 307 g/mol. The summed E-state index contributed by atoms with van der Waals surface area (Å²) in [5, 5.41) is 3.85. The van der Waals surface area contributed by atoms with Crippen LogP contribution in [0.1, 0.15) is 37.7 Å². The van der Waals surface area contributed by atoms with E-state index in [1.807, 2.05) is 13.0 Å². The van der Waals surface area contributed by atoms with Gasteiger partial charge in [0.1, 0.15) is 0 Å². The van der Waals surface area contributed by atoms with Crippen molar-refractivity contribution >= 4 is 34.8 Å². The fourth-order valence-electron chi connectivity index (χ4n) is 2.62. The molecule has 1 aromatic rings. The van der Waals surface area contributed by atoms with Gasteiger partial charge in [-0.2, -0.15) is 0 Å². The molecule has 0 bridgehead atoms. The lowest BCUT2D eigenvalue weighted by Crippen LogP contribution is -2.35. The largest absolute Gasteiger partial charge is 0.322 e. The number of hydrogen-bond donors (Lipinski definition) is 1. The molecule has 3 nitrogen and oxygen atoms in total. The van der Waals surface area contributed by atoms with Crippen LogP contribution in [0.25, 0.3) is 0 Å². The van der Waals surface area contributed by atoms with Gasteiger partial charge in [-0.05, 0) is 44.5 Å². The van der Waals surface area contributed by atoms with Crippen LogP contribution in [0, 0.1) is 6.92 Å². The number of nitrogens with zero attached hydrogens (tertiary/aromatic N) is 1. The molecule has 0 unspecified atom stereocenters. The Morgan fingerprint density at radius 2 is 1.76 bits per heavy atom.